The molecular formula is C19H31IN4O4S. The molecule has 164 valence electrons. The van der Waals surface area contributed by atoms with Crippen LogP contribution in [0.1, 0.15) is 25.3 Å². The van der Waals surface area contributed by atoms with Crippen LogP contribution in [0.15, 0.2) is 34.2 Å². The minimum Gasteiger partial charge on any atom is -0.466 e. The van der Waals surface area contributed by atoms with E-state index in [4.69, 9.17) is 4.74 Å². The zero-order valence-electron chi connectivity index (χ0n) is 17.4. The molecule has 1 aliphatic heterocycles. The molecule has 0 spiro atoms. The average molecular weight is 538 g/mol. The molecule has 0 amide bonds. The topological polar surface area (TPSA) is 91.3 Å². The molecule has 1 aromatic carbocycles. The number of ether oxygens (including phenoxy) is 1. The number of piperidine rings is 1. The van der Waals surface area contributed by atoms with Crippen LogP contribution in [-0.2, 0) is 26.1 Å². The lowest BCUT2D eigenvalue weighted by Crippen LogP contribution is -2.46. The monoisotopic (exact) mass is 538 g/mol. The maximum atomic E-state index is 12.1. The van der Waals surface area contributed by atoms with E-state index in [1.807, 2.05) is 6.92 Å². The number of aliphatic imine (C=N–C) groups is 1. The van der Waals surface area contributed by atoms with Crippen molar-refractivity contribution in [3.05, 3.63) is 29.8 Å². The molecule has 8 nitrogen and oxygen atoms in total. The Bertz CT molecular complexity index is 789. The third kappa shape index (κ3) is 6.82. The standard InChI is InChI=1S/C19H30N4O4S.HI/c1-5-27-18(24)16-10-12-23(13-11-16)19(20-2)21-14-15-6-8-17(9-7-15)28(25,26)22(3)4;/h6-9,16H,5,10-14H2,1-4H3,(H,20,21);1H. The molecule has 1 fully saturated rings. The van der Waals surface area contributed by atoms with Gasteiger partial charge in [-0.15, -0.1) is 24.0 Å². The normalized spacial score (nSPS) is 15.8. The lowest BCUT2D eigenvalue weighted by Gasteiger charge is -2.33. The predicted molar refractivity (Wildman–Crippen MR) is 124 cm³/mol. The van der Waals surface area contributed by atoms with Crippen molar-refractivity contribution in [3.8, 4) is 0 Å². The van der Waals surface area contributed by atoms with Gasteiger partial charge >= 0.3 is 5.97 Å². The number of sulfonamides is 1. The lowest BCUT2D eigenvalue weighted by molar-refractivity contribution is -0.149. The molecule has 1 saturated heterocycles. The summed E-state index contributed by atoms with van der Waals surface area (Å²) in [6.07, 6.45) is 1.49. The molecule has 0 radical (unpaired) electrons. The van der Waals surface area contributed by atoms with E-state index in [9.17, 15) is 13.2 Å². The average Bonchev–Trinajstić information content (AvgIpc) is 2.69. The number of carbonyl (C=O) groups excluding carboxylic acids is 1. The van der Waals surface area contributed by atoms with Crippen LogP contribution >= 0.6 is 24.0 Å². The first-order valence-electron chi connectivity index (χ1n) is 9.43. The Balaban J connectivity index is 0.00000420. The van der Waals surface area contributed by atoms with Crippen LogP contribution in [0, 0.1) is 5.92 Å². The van der Waals surface area contributed by atoms with Crippen molar-refractivity contribution in [3.63, 3.8) is 0 Å². The van der Waals surface area contributed by atoms with Crippen LogP contribution in [-0.4, -0.2) is 70.4 Å². The Labute approximate surface area is 190 Å². The molecule has 0 aliphatic carbocycles. The lowest BCUT2D eigenvalue weighted by atomic mass is 9.97. The minimum absolute atomic E-state index is 0. The van der Waals surface area contributed by atoms with Crippen LogP contribution in [0.2, 0.25) is 0 Å². The summed E-state index contributed by atoms with van der Waals surface area (Å²) in [7, 11) is 1.34. The predicted octanol–water partition coefficient (Wildman–Crippen LogP) is 1.91. The Morgan fingerprint density at radius 2 is 1.83 bits per heavy atom. The van der Waals surface area contributed by atoms with Crippen LogP contribution in [0.4, 0.5) is 0 Å². The van der Waals surface area contributed by atoms with Crippen molar-refractivity contribution >= 4 is 45.9 Å². The third-order valence-electron chi connectivity index (χ3n) is 4.78. The van der Waals surface area contributed by atoms with E-state index in [1.54, 1.807) is 31.3 Å². The van der Waals surface area contributed by atoms with Gasteiger partial charge in [0.15, 0.2) is 5.96 Å². The van der Waals surface area contributed by atoms with Gasteiger partial charge in [-0.1, -0.05) is 12.1 Å². The van der Waals surface area contributed by atoms with Gasteiger partial charge in [0, 0.05) is 40.8 Å². The zero-order valence-corrected chi connectivity index (χ0v) is 20.6. The molecule has 2 rings (SSSR count). The summed E-state index contributed by atoms with van der Waals surface area (Å²) < 4.78 is 30.6. The molecule has 0 bridgehead atoms. The fourth-order valence-corrected chi connectivity index (χ4v) is 3.99. The fraction of sp³-hybridized carbons (Fsp3) is 0.579. The molecule has 1 N–H and O–H groups in total. The van der Waals surface area contributed by atoms with Gasteiger partial charge in [-0.05, 0) is 37.5 Å². The molecule has 1 aliphatic rings. The second kappa shape index (κ2) is 11.7. The number of nitrogens with zero attached hydrogens (tertiary/aromatic N) is 3. The van der Waals surface area contributed by atoms with Gasteiger partial charge in [0.1, 0.15) is 0 Å². The maximum Gasteiger partial charge on any atom is 0.309 e. The minimum atomic E-state index is -3.42. The Morgan fingerprint density at radius 1 is 1.24 bits per heavy atom. The van der Waals surface area contributed by atoms with Crippen LogP contribution in [0.3, 0.4) is 0 Å². The molecule has 10 heteroatoms. The van der Waals surface area contributed by atoms with Crippen molar-refractivity contribution in [1.29, 1.82) is 0 Å². The number of halogens is 1. The number of carbonyl (C=O) groups is 1. The fourth-order valence-electron chi connectivity index (χ4n) is 3.09. The number of likely N-dealkylation sites (tertiary alicyclic amines) is 1. The molecular weight excluding hydrogens is 507 g/mol. The van der Waals surface area contributed by atoms with Gasteiger partial charge in [0.05, 0.1) is 17.4 Å². The van der Waals surface area contributed by atoms with Crippen molar-refractivity contribution < 1.29 is 17.9 Å². The summed E-state index contributed by atoms with van der Waals surface area (Å²) in [4.78, 5) is 18.6. The molecule has 0 saturated carbocycles. The first-order valence-corrected chi connectivity index (χ1v) is 10.9. The number of benzene rings is 1. The van der Waals surface area contributed by atoms with Crippen molar-refractivity contribution in [2.24, 2.45) is 10.9 Å². The van der Waals surface area contributed by atoms with Gasteiger partial charge in [0.2, 0.25) is 10.0 Å². The number of rotatable bonds is 6. The van der Waals surface area contributed by atoms with Gasteiger partial charge in [-0.2, -0.15) is 0 Å². The summed E-state index contributed by atoms with van der Waals surface area (Å²) >= 11 is 0. The van der Waals surface area contributed by atoms with Gasteiger partial charge in [-0.3, -0.25) is 9.79 Å². The molecule has 0 unspecified atom stereocenters. The summed E-state index contributed by atoms with van der Waals surface area (Å²) in [5.74, 6) is 0.616. The number of hydrogen-bond acceptors (Lipinski definition) is 5. The first-order chi connectivity index (χ1) is 13.3. The quantitative estimate of drug-likeness (QED) is 0.258. The first kappa shape index (κ1) is 25.6. The summed E-state index contributed by atoms with van der Waals surface area (Å²) in [5.41, 5.74) is 0.959. The highest BCUT2D eigenvalue weighted by atomic mass is 127. The molecule has 1 heterocycles. The maximum absolute atomic E-state index is 12.1. The number of esters is 1. The molecule has 0 atom stereocenters. The van der Waals surface area contributed by atoms with E-state index >= 15 is 0 Å². The van der Waals surface area contributed by atoms with Gasteiger partial charge in [-0.25, -0.2) is 12.7 Å². The number of guanidine groups is 1. The van der Waals surface area contributed by atoms with Gasteiger partial charge in [0.25, 0.3) is 0 Å². The highest BCUT2D eigenvalue weighted by Crippen LogP contribution is 2.19. The Morgan fingerprint density at radius 3 is 2.31 bits per heavy atom. The summed E-state index contributed by atoms with van der Waals surface area (Å²) in [6.45, 7) is 4.25. The summed E-state index contributed by atoms with van der Waals surface area (Å²) in [6, 6.07) is 6.81. The van der Waals surface area contributed by atoms with Crippen LogP contribution < -0.4 is 5.32 Å². The van der Waals surface area contributed by atoms with Gasteiger partial charge < -0.3 is 15.0 Å². The second-order valence-corrected chi connectivity index (χ2v) is 9.00. The van der Waals surface area contributed by atoms with Crippen molar-refractivity contribution in [2.75, 3.05) is 40.8 Å². The van der Waals surface area contributed by atoms with E-state index in [1.165, 1.54) is 18.4 Å². The van der Waals surface area contributed by atoms with E-state index in [-0.39, 0.29) is 40.8 Å². The van der Waals surface area contributed by atoms with Crippen molar-refractivity contribution in [2.45, 2.75) is 31.2 Å². The van der Waals surface area contributed by atoms with E-state index < -0.39 is 10.0 Å². The van der Waals surface area contributed by atoms with Crippen molar-refractivity contribution in [1.82, 2.24) is 14.5 Å². The number of nitrogens with one attached hydrogen (secondary N) is 1. The van der Waals surface area contributed by atoms with Crippen LogP contribution in [0.25, 0.3) is 0 Å². The van der Waals surface area contributed by atoms with E-state index in [2.05, 4.69) is 15.2 Å². The zero-order chi connectivity index (χ0) is 20.7. The smallest absolute Gasteiger partial charge is 0.309 e. The Kier molecular flexibility index (Phi) is 10.3. The summed E-state index contributed by atoms with van der Waals surface area (Å²) in [5, 5.41) is 3.31. The SMILES string of the molecule is CCOC(=O)C1CCN(C(=NC)NCc2ccc(S(=O)(=O)N(C)C)cc2)CC1.I. The molecule has 1 aromatic rings. The van der Waals surface area contributed by atoms with E-state index in [0.29, 0.717) is 13.2 Å². The molecule has 0 aromatic heterocycles. The third-order valence-corrected chi connectivity index (χ3v) is 6.61. The number of hydrogen-bond donors (Lipinski definition) is 1. The largest absolute Gasteiger partial charge is 0.466 e. The Hall–Kier alpha value is -1.40. The van der Waals surface area contributed by atoms with E-state index in [0.717, 1.165) is 37.5 Å². The highest BCUT2D eigenvalue weighted by molar-refractivity contribution is 14.0. The van der Waals surface area contributed by atoms with Crippen LogP contribution in [0.5, 0.6) is 0 Å². The highest BCUT2D eigenvalue weighted by Gasteiger charge is 2.27. The molecule has 29 heavy (non-hydrogen) atoms. The second-order valence-electron chi connectivity index (χ2n) is 6.85.